The zero-order valence-electron chi connectivity index (χ0n) is 15.2. The molecule has 0 bridgehead atoms. The number of hydrogen-bond acceptors (Lipinski definition) is 5. The zero-order valence-corrected chi connectivity index (χ0v) is 15.2. The van der Waals surface area contributed by atoms with E-state index in [9.17, 15) is 4.79 Å². The quantitative estimate of drug-likeness (QED) is 0.647. The first-order valence-electron chi connectivity index (χ1n) is 9.40. The summed E-state index contributed by atoms with van der Waals surface area (Å²) in [7, 11) is 2.21. The molecule has 0 radical (unpaired) electrons. The summed E-state index contributed by atoms with van der Waals surface area (Å²) in [5.41, 5.74) is 4.93. The van der Waals surface area contributed by atoms with Crippen LogP contribution >= 0.6 is 0 Å². The highest BCUT2D eigenvalue weighted by atomic mass is 16.5. The Morgan fingerprint density at radius 2 is 2.28 bits per heavy atom. The number of hydrogen-bond donors (Lipinski definition) is 2. The lowest BCUT2D eigenvalue weighted by Crippen LogP contribution is -2.54. The van der Waals surface area contributed by atoms with Gasteiger partial charge in [0.05, 0.1) is 5.56 Å². The molecule has 1 aromatic heterocycles. The molecule has 1 aliphatic carbocycles. The molecule has 0 aromatic carbocycles. The van der Waals surface area contributed by atoms with Gasteiger partial charge in [-0.25, -0.2) is 5.48 Å². The van der Waals surface area contributed by atoms with E-state index in [0.29, 0.717) is 23.1 Å². The van der Waals surface area contributed by atoms with Crippen molar-refractivity contribution in [2.24, 2.45) is 5.41 Å². The minimum Gasteiger partial charge on any atom is -0.305 e. The van der Waals surface area contributed by atoms with Crippen LogP contribution in [0.15, 0.2) is 12.3 Å². The van der Waals surface area contributed by atoms with Crippen LogP contribution in [0.4, 0.5) is 0 Å². The largest absolute Gasteiger partial charge is 0.305 e. The molecule has 2 aliphatic heterocycles. The van der Waals surface area contributed by atoms with Crippen molar-refractivity contribution in [1.82, 2.24) is 20.3 Å². The van der Waals surface area contributed by atoms with Gasteiger partial charge in [-0.15, -0.1) is 0 Å². The second kappa shape index (κ2) is 6.34. The van der Waals surface area contributed by atoms with Gasteiger partial charge in [0, 0.05) is 50.0 Å². The molecule has 2 atom stereocenters. The molecule has 6 heteroatoms. The highest BCUT2D eigenvalue weighted by molar-refractivity contribution is 5.93. The lowest BCUT2D eigenvalue weighted by Gasteiger charge is -2.47. The smallest absolute Gasteiger partial charge is 0.276 e. The van der Waals surface area contributed by atoms with Gasteiger partial charge in [0.15, 0.2) is 0 Å². The zero-order chi connectivity index (χ0) is 17.6. The van der Waals surface area contributed by atoms with Gasteiger partial charge in [-0.05, 0) is 49.8 Å². The van der Waals surface area contributed by atoms with Gasteiger partial charge in [0.25, 0.3) is 5.91 Å². The number of nitrogens with one attached hydrogen (secondary N) is 1. The number of hydroxylamine groups is 1. The summed E-state index contributed by atoms with van der Waals surface area (Å²) in [5, 5.41) is 8.87. The molecule has 3 heterocycles. The molecule has 1 saturated carbocycles. The fourth-order valence-electron chi connectivity index (χ4n) is 5.37. The molecule has 1 saturated heterocycles. The van der Waals surface area contributed by atoms with Crippen LogP contribution in [-0.4, -0.2) is 58.1 Å². The Labute approximate surface area is 149 Å². The summed E-state index contributed by atoms with van der Waals surface area (Å²) in [6.07, 6.45) is 7.57. The van der Waals surface area contributed by atoms with Gasteiger partial charge in [-0.1, -0.05) is 6.92 Å². The standard InChI is InChI=1S/C19H28N4O2/c1-3-15-7-17-14(6-13(9-20-17)18(24)21-25)10-23(15)16-4-5-19(8-16)11-22(2)12-19/h6,9,15-16,25H,3-5,7-8,10-12H2,1-2H3,(H,21,24)/t15-,16+/m1/s1. The average molecular weight is 344 g/mol. The number of carbonyl (C=O) groups excluding carboxylic acids is 1. The van der Waals surface area contributed by atoms with E-state index in [1.165, 1.54) is 32.4 Å². The van der Waals surface area contributed by atoms with Crippen molar-refractivity contribution in [3.05, 3.63) is 29.1 Å². The highest BCUT2D eigenvalue weighted by Crippen LogP contribution is 2.47. The summed E-state index contributed by atoms with van der Waals surface area (Å²) >= 11 is 0. The van der Waals surface area contributed by atoms with Crippen molar-refractivity contribution in [2.75, 3.05) is 20.1 Å². The second-order valence-corrected chi connectivity index (χ2v) is 8.28. The van der Waals surface area contributed by atoms with Crippen LogP contribution in [0.25, 0.3) is 0 Å². The molecular formula is C19H28N4O2. The first-order valence-corrected chi connectivity index (χ1v) is 9.40. The van der Waals surface area contributed by atoms with Crippen LogP contribution in [0.1, 0.15) is 54.2 Å². The van der Waals surface area contributed by atoms with Crippen molar-refractivity contribution in [2.45, 2.75) is 57.7 Å². The molecule has 6 nitrogen and oxygen atoms in total. The summed E-state index contributed by atoms with van der Waals surface area (Å²) in [5.74, 6) is -0.489. The first kappa shape index (κ1) is 16.9. The van der Waals surface area contributed by atoms with E-state index < -0.39 is 5.91 Å². The van der Waals surface area contributed by atoms with Crippen molar-refractivity contribution in [1.29, 1.82) is 0 Å². The number of pyridine rings is 1. The topological polar surface area (TPSA) is 68.7 Å². The van der Waals surface area contributed by atoms with E-state index in [4.69, 9.17) is 5.21 Å². The van der Waals surface area contributed by atoms with Crippen LogP contribution in [0.3, 0.4) is 0 Å². The molecule has 0 unspecified atom stereocenters. The summed E-state index contributed by atoms with van der Waals surface area (Å²) in [6, 6.07) is 3.08. The monoisotopic (exact) mass is 344 g/mol. The Morgan fingerprint density at radius 1 is 1.48 bits per heavy atom. The van der Waals surface area contributed by atoms with Crippen molar-refractivity contribution in [3.8, 4) is 0 Å². The van der Waals surface area contributed by atoms with Crippen LogP contribution in [0.2, 0.25) is 0 Å². The van der Waals surface area contributed by atoms with Crippen molar-refractivity contribution in [3.63, 3.8) is 0 Å². The van der Waals surface area contributed by atoms with Gasteiger partial charge < -0.3 is 4.90 Å². The Hall–Kier alpha value is -1.50. The maximum atomic E-state index is 11.7. The fraction of sp³-hybridized carbons (Fsp3) is 0.684. The van der Waals surface area contributed by atoms with Gasteiger partial charge in [0.1, 0.15) is 0 Å². The Morgan fingerprint density at radius 3 is 2.96 bits per heavy atom. The number of likely N-dealkylation sites (tertiary alicyclic amines) is 1. The predicted molar refractivity (Wildman–Crippen MR) is 94.4 cm³/mol. The Balaban J connectivity index is 1.54. The minimum atomic E-state index is -0.489. The van der Waals surface area contributed by atoms with Crippen LogP contribution in [0.5, 0.6) is 0 Å². The van der Waals surface area contributed by atoms with E-state index in [1.54, 1.807) is 11.7 Å². The van der Waals surface area contributed by atoms with Gasteiger partial charge in [-0.2, -0.15) is 0 Å². The lowest BCUT2D eigenvalue weighted by molar-refractivity contribution is 0.0146. The third-order valence-electron chi connectivity index (χ3n) is 6.50. The molecule has 2 fully saturated rings. The summed E-state index contributed by atoms with van der Waals surface area (Å²) in [4.78, 5) is 21.3. The maximum Gasteiger partial charge on any atom is 0.276 e. The van der Waals surface area contributed by atoms with Crippen molar-refractivity contribution < 1.29 is 10.0 Å². The van der Waals surface area contributed by atoms with Crippen LogP contribution < -0.4 is 5.48 Å². The highest BCUT2D eigenvalue weighted by Gasteiger charge is 2.49. The third kappa shape index (κ3) is 2.96. The molecular weight excluding hydrogens is 316 g/mol. The summed E-state index contributed by atoms with van der Waals surface area (Å²) < 4.78 is 0. The molecule has 2 N–H and O–H groups in total. The second-order valence-electron chi connectivity index (χ2n) is 8.28. The lowest BCUT2D eigenvalue weighted by atomic mass is 9.78. The molecule has 3 aliphatic rings. The predicted octanol–water partition coefficient (Wildman–Crippen LogP) is 1.82. The number of nitrogens with zero attached hydrogens (tertiary/aromatic N) is 3. The van der Waals surface area contributed by atoms with E-state index >= 15 is 0 Å². The van der Waals surface area contributed by atoms with Gasteiger partial charge in [-0.3, -0.25) is 19.9 Å². The summed E-state index contributed by atoms with van der Waals surface area (Å²) in [6.45, 7) is 5.61. The normalized spacial score (nSPS) is 28.6. The van der Waals surface area contributed by atoms with Crippen molar-refractivity contribution >= 4 is 5.91 Å². The molecule has 136 valence electrons. The molecule has 4 rings (SSSR count). The fourth-order valence-corrected chi connectivity index (χ4v) is 5.37. The molecule has 1 amide bonds. The van der Waals surface area contributed by atoms with Crippen LogP contribution in [0, 0.1) is 5.41 Å². The number of aromatic nitrogens is 1. The molecule has 1 spiro atoms. The number of fused-ring (bicyclic) bond motifs is 1. The third-order valence-corrected chi connectivity index (χ3v) is 6.50. The minimum absolute atomic E-state index is 0.430. The van der Waals surface area contributed by atoms with E-state index in [0.717, 1.165) is 30.6 Å². The number of rotatable bonds is 3. The van der Waals surface area contributed by atoms with E-state index in [-0.39, 0.29) is 0 Å². The van der Waals surface area contributed by atoms with E-state index in [1.807, 2.05) is 6.07 Å². The Bertz CT molecular complexity index is 671. The SMILES string of the molecule is CC[C@@H]1Cc2ncc(C(=O)NO)cc2CN1[C@H]1CCC2(C1)CN(C)C2. The first-order chi connectivity index (χ1) is 12.0. The average Bonchev–Trinajstić information content (AvgIpc) is 3.04. The number of carbonyl (C=O) groups is 1. The molecule has 25 heavy (non-hydrogen) atoms. The number of amides is 1. The van der Waals surface area contributed by atoms with Gasteiger partial charge in [0.2, 0.25) is 0 Å². The van der Waals surface area contributed by atoms with Crippen LogP contribution in [-0.2, 0) is 13.0 Å². The van der Waals surface area contributed by atoms with E-state index in [2.05, 4.69) is 28.8 Å². The maximum absolute atomic E-state index is 11.7. The Kier molecular flexibility index (Phi) is 4.30. The van der Waals surface area contributed by atoms with Gasteiger partial charge >= 0.3 is 0 Å². The molecule has 1 aromatic rings.